The standard InChI is InChI=1S/C21H28N4S/c1-15(2)24-14-8-12-18(24)20-19(17-11-6-7-13-22-17)23-21(26)25(20)16-9-4-3-5-10-16/h6-8,11-16,19-20H,3-5,9-10H2,1-2H3,(H,23,26). The van der Waals surface area contributed by atoms with Gasteiger partial charge >= 0.3 is 0 Å². The van der Waals surface area contributed by atoms with E-state index in [9.17, 15) is 0 Å². The molecular weight excluding hydrogens is 340 g/mol. The average molecular weight is 369 g/mol. The lowest BCUT2D eigenvalue weighted by atomic mass is 9.91. The topological polar surface area (TPSA) is 33.1 Å². The average Bonchev–Trinajstić information content (AvgIpc) is 3.27. The summed E-state index contributed by atoms with van der Waals surface area (Å²) in [6.45, 7) is 4.48. The first-order valence-corrected chi connectivity index (χ1v) is 10.2. The van der Waals surface area contributed by atoms with Gasteiger partial charge in [-0.3, -0.25) is 4.98 Å². The van der Waals surface area contributed by atoms with Crippen molar-refractivity contribution in [1.82, 2.24) is 19.8 Å². The van der Waals surface area contributed by atoms with E-state index in [0.717, 1.165) is 10.8 Å². The highest BCUT2D eigenvalue weighted by Gasteiger charge is 2.44. The highest BCUT2D eigenvalue weighted by atomic mass is 32.1. The van der Waals surface area contributed by atoms with Gasteiger partial charge in [-0.05, 0) is 63.2 Å². The van der Waals surface area contributed by atoms with Gasteiger partial charge in [0.15, 0.2) is 5.11 Å². The van der Waals surface area contributed by atoms with Crippen LogP contribution in [0.2, 0.25) is 0 Å². The zero-order valence-corrected chi connectivity index (χ0v) is 16.5. The first kappa shape index (κ1) is 17.5. The molecule has 4 nitrogen and oxygen atoms in total. The van der Waals surface area contributed by atoms with Crippen LogP contribution in [0, 0.1) is 0 Å². The minimum Gasteiger partial charge on any atom is -0.352 e. The second-order valence-corrected chi connectivity index (χ2v) is 8.15. The number of aromatic nitrogens is 2. The van der Waals surface area contributed by atoms with Crippen LogP contribution >= 0.6 is 12.2 Å². The Bertz CT molecular complexity index is 748. The molecule has 2 unspecified atom stereocenters. The monoisotopic (exact) mass is 368 g/mol. The van der Waals surface area contributed by atoms with Gasteiger partial charge in [-0.1, -0.05) is 25.3 Å². The number of nitrogens with zero attached hydrogens (tertiary/aromatic N) is 3. The number of thiocarbonyl (C=S) groups is 1. The van der Waals surface area contributed by atoms with Gasteiger partial charge in [-0.2, -0.15) is 0 Å². The molecule has 0 spiro atoms. The van der Waals surface area contributed by atoms with E-state index in [4.69, 9.17) is 12.2 Å². The van der Waals surface area contributed by atoms with Gasteiger partial charge in [-0.15, -0.1) is 0 Å². The van der Waals surface area contributed by atoms with Crippen molar-refractivity contribution in [2.24, 2.45) is 0 Å². The molecule has 0 aromatic carbocycles. The predicted molar refractivity (Wildman–Crippen MR) is 109 cm³/mol. The fourth-order valence-electron chi connectivity index (χ4n) is 4.56. The summed E-state index contributed by atoms with van der Waals surface area (Å²) in [5.74, 6) is 0. The molecule has 2 aromatic rings. The Balaban J connectivity index is 1.77. The number of pyridine rings is 1. The normalized spacial score (nSPS) is 24.3. The second kappa shape index (κ2) is 7.39. The molecule has 1 aliphatic carbocycles. The zero-order chi connectivity index (χ0) is 18.1. The van der Waals surface area contributed by atoms with E-state index in [0.29, 0.717) is 12.1 Å². The fraction of sp³-hybridized carbons (Fsp3) is 0.524. The molecule has 0 amide bonds. The van der Waals surface area contributed by atoms with Crippen molar-refractivity contribution >= 4 is 17.3 Å². The molecule has 3 heterocycles. The molecule has 2 fully saturated rings. The molecule has 1 aliphatic heterocycles. The minimum atomic E-state index is 0.0954. The Hall–Kier alpha value is -1.88. The summed E-state index contributed by atoms with van der Waals surface area (Å²) in [6.07, 6.45) is 10.5. The van der Waals surface area contributed by atoms with E-state index < -0.39 is 0 Å². The number of nitrogens with one attached hydrogen (secondary N) is 1. The highest BCUT2D eigenvalue weighted by Crippen LogP contribution is 2.42. The molecule has 1 N–H and O–H groups in total. The van der Waals surface area contributed by atoms with Crippen LogP contribution in [0.25, 0.3) is 0 Å². The van der Waals surface area contributed by atoms with E-state index in [1.807, 2.05) is 12.3 Å². The van der Waals surface area contributed by atoms with Crippen molar-refractivity contribution in [2.75, 3.05) is 0 Å². The highest BCUT2D eigenvalue weighted by molar-refractivity contribution is 7.80. The zero-order valence-electron chi connectivity index (χ0n) is 15.6. The summed E-state index contributed by atoms with van der Waals surface area (Å²) < 4.78 is 2.38. The van der Waals surface area contributed by atoms with Gasteiger partial charge in [0.05, 0.1) is 17.8 Å². The molecule has 138 valence electrons. The van der Waals surface area contributed by atoms with Crippen molar-refractivity contribution in [3.8, 4) is 0 Å². The van der Waals surface area contributed by atoms with E-state index in [-0.39, 0.29) is 12.1 Å². The summed E-state index contributed by atoms with van der Waals surface area (Å²) >= 11 is 5.84. The van der Waals surface area contributed by atoms with Crippen LogP contribution in [0.3, 0.4) is 0 Å². The maximum Gasteiger partial charge on any atom is 0.170 e. The largest absolute Gasteiger partial charge is 0.352 e. The maximum atomic E-state index is 5.84. The van der Waals surface area contributed by atoms with Crippen LogP contribution in [0.5, 0.6) is 0 Å². The molecular formula is C21H28N4S. The van der Waals surface area contributed by atoms with Crippen LogP contribution in [-0.4, -0.2) is 25.6 Å². The van der Waals surface area contributed by atoms with Crippen molar-refractivity contribution in [3.63, 3.8) is 0 Å². The first-order valence-electron chi connectivity index (χ1n) is 9.83. The quantitative estimate of drug-likeness (QED) is 0.788. The lowest BCUT2D eigenvalue weighted by molar-refractivity contribution is 0.190. The third-order valence-electron chi connectivity index (χ3n) is 5.77. The van der Waals surface area contributed by atoms with Gasteiger partial charge in [0.25, 0.3) is 0 Å². The second-order valence-electron chi connectivity index (χ2n) is 7.76. The molecule has 2 aromatic heterocycles. The summed E-state index contributed by atoms with van der Waals surface area (Å²) in [5.41, 5.74) is 2.39. The van der Waals surface area contributed by atoms with E-state index in [1.165, 1.54) is 37.8 Å². The minimum absolute atomic E-state index is 0.0954. The number of hydrogen-bond donors (Lipinski definition) is 1. The molecule has 0 bridgehead atoms. The predicted octanol–water partition coefficient (Wildman–Crippen LogP) is 4.77. The van der Waals surface area contributed by atoms with Crippen LogP contribution in [0.4, 0.5) is 0 Å². The lowest BCUT2D eigenvalue weighted by Gasteiger charge is -2.37. The molecule has 1 saturated carbocycles. The van der Waals surface area contributed by atoms with Crippen LogP contribution in [0.15, 0.2) is 42.7 Å². The SMILES string of the molecule is CC(C)n1cccc1C1C(c2ccccn2)NC(=S)N1C1CCCCC1. The Kier molecular flexibility index (Phi) is 4.98. The smallest absolute Gasteiger partial charge is 0.170 e. The third kappa shape index (κ3) is 3.13. The van der Waals surface area contributed by atoms with Crippen LogP contribution in [-0.2, 0) is 0 Å². The van der Waals surface area contributed by atoms with Gasteiger partial charge in [0.2, 0.25) is 0 Å². The van der Waals surface area contributed by atoms with Crippen molar-refractivity contribution in [2.45, 2.75) is 70.1 Å². The molecule has 26 heavy (non-hydrogen) atoms. The van der Waals surface area contributed by atoms with Crippen LogP contribution < -0.4 is 5.32 Å². The molecule has 2 aliphatic rings. The Labute approximate surface area is 161 Å². The third-order valence-corrected chi connectivity index (χ3v) is 6.10. The van der Waals surface area contributed by atoms with Gasteiger partial charge in [0.1, 0.15) is 0 Å². The first-order chi connectivity index (χ1) is 12.7. The van der Waals surface area contributed by atoms with Gasteiger partial charge < -0.3 is 14.8 Å². The van der Waals surface area contributed by atoms with E-state index in [2.05, 4.69) is 64.1 Å². The summed E-state index contributed by atoms with van der Waals surface area (Å²) in [5, 5.41) is 4.49. The molecule has 4 rings (SSSR count). The van der Waals surface area contributed by atoms with E-state index >= 15 is 0 Å². The summed E-state index contributed by atoms with van der Waals surface area (Å²) in [6, 6.07) is 11.8. The van der Waals surface area contributed by atoms with Crippen molar-refractivity contribution in [3.05, 3.63) is 54.1 Å². The molecule has 1 saturated heterocycles. The van der Waals surface area contributed by atoms with Crippen molar-refractivity contribution < 1.29 is 0 Å². The Morgan fingerprint density at radius 3 is 2.62 bits per heavy atom. The molecule has 5 heteroatoms. The summed E-state index contributed by atoms with van der Waals surface area (Å²) in [4.78, 5) is 7.14. The molecule has 0 radical (unpaired) electrons. The lowest BCUT2D eigenvalue weighted by Crippen LogP contribution is -2.41. The van der Waals surface area contributed by atoms with Gasteiger partial charge in [0, 0.05) is 30.2 Å². The number of hydrogen-bond acceptors (Lipinski definition) is 2. The summed E-state index contributed by atoms with van der Waals surface area (Å²) in [7, 11) is 0. The maximum absolute atomic E-state index is 5.84. The number of rotatable bonds is 4. The van der Waals surface area contributed by atoms with Gasteiger partial charge in [-0.25, -0.2) is 0 Å². The van der Waals surface area contributed by atoms with Crippen molar-refractivity contribution in [1.29, 1.82) is 0 Å². The van der Waals surface area contributed by atoms with Crippen LogP contribution in [0.1, 0.15) is 75.5 Å². The van der Waals surface area contributed by atoms with E-state index in [1.54, 1.807) is 0 Å². The Morgan fingerprint density at radius 1 is 1.12 bits per heavy atom. The Morgan fingerprint density at radius 2 is 1.92 bits per heavy atom. The molecule has 2 atom stereocenters. The fourth-order valence-corrected chi connectivity index (χ4v) is 4.95.